The van der Waals surface area contributed by atoms with Crippen LogP contribution in [0.2, 0.25) is 10.0 Å². The number of halogens is 2. The van der Waals surface area contributed by atoms with Crippen LogP contribution in [0.1, 0.15) is 5.56 Å². The SMILES string of the molecule is C=CCOc1c(C=Nn2c(-c3cc4cc(Cl)ccc4o3)nc3ccccc3c2=O)cc(Cl)cc1[N+](=O)[O-]. The second kappa shape index (κ2) is 9.88. The molecule has 0 amide bonds. The van der Waals surface area contributed by atoms with Crippen LogP contribution in [0.5, 0.6) is 5.75 Å². The number of rotatable bonds is 7. The average Bonchev–Trinajstić information content (AvgIpc) is 3.30. The summed E-state index contributed by atoms with van der Waals surface area (Å²) < 4.78 is 12.6. The van der Waals surface area contributed by atoms with E-state index < -0.39 is 10.5 Å². The minimum Gasteiger partial charge on any atom is -0.482 e. The number of nitrogens with zero attached hydrogens (tertiary/aromatic N) is 4. The Morgan fingerprint density at radius 2 is 1.95 bits per heavy atom. The summed E-state index contributed by atoms with van der Waals surface area (Å²) in [6, 6.07) is 16.2. The first kappa shape index (κ1) is 24.2. The number of benzene rings is 3. The van der Waals surface area contributed by atoms with E-state index in [0.717, 1.165) is 4.68 Å². The lowest BCUT2D eigenvalue weighted by molar-refractivity contribution is -0.385. The van der Waals surface area contributed by atoms with E-state index in [0.29, 0.717) is 26.9 Å². The Hall–Kier alpha value is -4.47. The summed E-state index contributed by atoms with van der Waals surface area (Å²) >= 11 is 12.2. The van der Waals surface area contributed by atoms with E-state index in [1.54, 1.807) is 48.5 Å². The fourth-order valence-corrected chi connectivity index (χ4v) is 4.17. The normalized spacial score (nSPS) is 11.4. The number of hydrogen-bond acceptors (Lipinski definition) is 7. The van der Waals surface area contributed by atoms with E-state index in [2.05, 4.69) is 16.7 Å². The summed E-state index contributed by atoms with van der Waals surface area (Å²) in [6.07, 6.45) is 2.70. The molecule has 0 atom stereocenters. The molecular weight excluding hydrogens is 519 g/mol. The smallest absolute Gasteiger partial charge is 0.313 e. The van der Waals surface area contributed by atoms with Gasteiger partial charge in [0.25, 0.3) is 5.56 Å². The van der Waals surface area contributed by atoms with Gasteiger partial charge in [0.1, 0.15) is 12.2 Å². The van der Waals surface area contributed by atoms with Gasteiger partial charge in [0, 0.05) is 27.1 Å². The lowest BCUT2D eigenvalue weighted by Gasteiger charge is -2.10. The maximum Gasteiger partial charge on any atom is 0.313 e. The third-order valence-electron chi connectivity index (χ3n) is 5.37. The first-order chi connectivity index (χ1) is 17.9. The molecule has 3 aromatic carbocycles. The molecule has 0 unspecified atom stereocenters. The number of hydrogen-bond donors (Lipinski definition) is 0. The Balaban J connectivity index is 1.73. The molecule has 0 radical (unpaired) electrons. The number of ether oxygens (including phenoxy) is 1. The van der Waals surface area contributed by atoms with Gasteiger partial charge in [-0.15, -0.1) is 0 Å². The first-order valence-electron chi connectivity index (χ1n) is 10.8. The monoisotopic (exact) mass is 534 g/mol. The van der Waals surface area contributed by atoms with Crippen molar-refractivity contribution in [3.05, 3.63) is 109 Å². The van der Waals surface area contributed by atoms with Gasteiger partial charge in [-0.25, -0.2) is 4.98 Å². The molecule has 5 rings (SSSR count). The minimum absolute atomic E-state index is 0.00752. The molecule has 9 nitrogen and oxygen atoms in total. The Labute approximate surface area is 219 Å². The highest BCUT2D eigenvalue weighted by Gasteiger charge is 2.21. The predicted molar refractivity (Wildman–Crippen MR) is 143 cm³/mol. The second-order valence-electron chi connectivity index (χ2n) is 7.81. The van der Waals surface area contributed by atoms with Crippen LogP contribution < -0.4 is 10.3 Å². The molecule has 0 aliphatic carbocycles. The lowest BCUT2D eigenvalue weighted by Crippen LogP contribution is -2.20. The summed E-state index contributed by atoms with van der Waals surface area (Å²) in [7, 11) is 0. The van der Waals surface area contributed by atoms with Crippen molar-refractivity contribution in [2.75, 3.05) is 6.61 Å². The van der Waals surface area contributed by atoms with Gasteiger partial charge in [0.05, 0.1) is 22.0 Å². The van der Waals surface area contributed by atoms with Gasteiger partial charge in [0.15, 0.2) is 5.76 Å². The number of para-hydroxylation sites is 1. The summed E-state index contributed by atoms with van der Waals surface area (Å²) in [6.45, 7) is 3.58. The molecule has 0 saturated heterocycles. The molecule has 0 spiro atoms. The highest BCUT2D eigenvalue weighted by molar-refractivity contribution is 6.31. The number of furan rings is 1. The molecule has 0 aliphatic heterocycles. The quantitative estimate of drug-likeness (QED) is 0.102. The molecule has 37 heavy (non-hydrogen) atoms. The Morgan fingerprint density at radius 3 is 2.73 bits per heavy atom. The van der Waals surface area contributed by atoms with E-state index in [9.17, 15) is 14.9 Å². The van der Waals surface area contributed by atoms with Gasteiger partial charge in [0.2, 0.25) is 11.6 Å². The standard InChI is InChI=1S/C26H16Cl2N4O5/c1-2-9-36-24-16(11-18(28)13-21(24)32(34)35)14-29-31-25(30-20-6-4-3-5-19(20)26(31)33)23-12-15-10-17(27)7-8-22(15)37-23/h2-8,10-14H,1,9H2. The lowest BCUT2D eigenvalue weighted by atomic mass is 10.2. The molecule has 0 N–H and O–H groups in total. The molecule has 184 valence electrons. The van der Waals surface area contributed by atoms with Crippen molar-refractivity contribution >= 4 is 57.0 Å². The van der Waals surface area contributed by atoms with Gasteiger partial charge in [-0.3, -0.25) is 14.9 Å². The Morgan fingerprint density at radius 1 is 1.14 bits per heavy atom. The molecule has 2 heterocycles. The largest absolute Gasteiger partial charge is 0.482 e. The van der Waals surface area contributed by atoms with E-state index in [1.165, 1.54) is 24.4 Å². The van der Waals surface area contributed by atoms with E-state index in [4.69, 9.17) is 32.4 Å². The number of nitro groups is 1. The molecule has 0 aliphatic rings. The number of aromatic nitrogens is 2. The summed E-state index contributed by atoms with van der Waals surface area (Å²) in [5, 5.41) is 17.6. The fraction of sp³-hybridized carbons (Fsp3) is 0.0385. The van der Waals surface area contributed by atoms with E-state index in [-0.39, 0.29) is 40.2 Å². The van der Waals surface area contributed by atoms with E-state index in [1.807, 2.05) is 0 Å². The van der Waals surface area contributed by atoms with Crippen LogP contribution in [0.25, 0.3) is 33.5 Å². The molecule has 2 aromatic heterocycles. The zero-order valence-corrected chi connectivity index (χ0v) is 20.4. The number of nitro benzene ring substituents is 1. The van der Waals surface area contributed by atoms with Gasteiger partial charge in [-0.05, 0) is 42.5 Å². The topological polar surface area (TPSA) is 113 Å². The highest BCUT2D eigenvalue weighted by atomic mass is 35.5. The van der Waals surface area contributed by atoms with Crippen LogP contribution in [0.4, 0.5) is 5.69 Å². The van der Waals surface area contributed by atoms with Crippen molar-refractivity contribution in [1.29, 1.82) is 0 Å². The molecule has 5 aromatic rings. The van der Waals surface area contributed by atoms with Crippen molar-refractivity contribution in [1.82, 2.24) is 9.66 Å². The zero-order chi connectivity index (χ0) is 26.1. The van der Waals surface area contributed by atoms with Crippen LogP contribution >= 0.6 is 23.2 Å². The van der Waals surface area contributed by atoms with Crippen LogP contribution in [0.15, 0.2) is 87.6 Å². The van der Waals surface area contributed by atoms with Crippen LogP contribution in [-0.4, -0.2) is 27.4 Å². The molecule has 11 heteroatoms. The van der Waals surface area contributed by atoms with Crippen molar-refractivity contribution in [3.63, 3.8) is 0 Å². The van der Waals surface area contributed by atoms with Crippen LogP contribution in [0.3, 0.4) is 0 Å². The third-order valence-corrected chi connectivity index (χ3v) is 5.82. The maximum atomic E-state index is 13.5. The average molecular weight is 535 g/mol. The summed E-state index contributed by atoms with van der Waals surface area (Å²) in [5.74, 6) is 0.328. The molecular formula is C26H16Cl2N4O5. The molecule has 0 bridgehead atoms. The predicted octanol–water partition coefficient (Wildman–Crippen LogP) is 6.47. The Bertz CT molecular complexity index is 1790. The first-order valence-corrected chi connectivity index (χ1v) is 11.6. The third kappa shape index (κ3) is 4.69. The number of fused-ring (bicyclic) bond motifs is 2. The van der Waals surface area contributed by atoms with Crippen molar-refractivity contribution < 1.29 is 14.1 Å². The minimum atomic E-state index is -0.615. The second-order valence-corrected chi connectivity index (χ2v) is 8.68. The van der Waals surface area contributed by atoms with Gasteiger partial charge in [-0.2, -0.15) is 9.78 Å². The van der Waals surface area contributed by atoms with Gasteiger partial charge < -0.3 is 9.15 Å². The van der Waals surface area contributed by atoms with Crippen LogP contribution in [-0.2, 0) is 0 Å². The van der Waals surface area contributed by atoms with Crippen molar-refractivity contribution in [2.45, 2.75) is 0 Å². The van der Waals surface area contributed by atoms with E-state index >= 15 is 0 Å². The molecule has 0 saturated carbocycles. The van der Waals surface area contributed by atoms with Gasteiger partial charge in [-0.1, -0.05) is 48.0 Å². The fourth-order valence-electron chi connectivity index (χ4n) is 3.77. The van der Waals surface area contributed by atoms with Crippen molar-refractivity contribution in [2.24, 2.45) is 5.10 Å². The van der Waals surface area contributed by atoms with Crippen molar-refractivity contribution in [3.8, 4) is 17.3 Å². The van der Waals surface area contributed by atoms with Crippen LogP contribution in [0, 0.1) is 10.1 Å². The zero-order valence-electron chi connectivity index (χ0n) is 18.9. The maximum absolute atomic E-state index is 13.5. The molecule has 0 fully saturated rings. The summed E-state index contributed by atoms with van der Waals surface area (Å²) in [4.78, 5) is 29.1. The highest BCUT2D eigenvalue weighted by Crippen LogP contribution is 2.34. The Kier molecular flexibility index (Phi) is 6.47. The van der Waals surface area contributed by atoms with Gasteiger partial charge >= 0.3 is 5.69 Å². The summed E-state index contributed by atoms with van der Waals surface area (Å²) in [5.41, 5.74) is 0.349.